The zero-order valence-electron chi connectivity index (χ0n) is 13.5. The first-order chi connectivity index (χ1) is 11.0. The number of carbonyl (C=O) groups is 2. The number of methoxy groups -OCH3 is 1. The molecule has 0 aliphatic rings. The normalized spacial score (nSPS) is 10.2. The largest absolute Gasteiger partial charge is 0.496 e. The van der Waals surface area contributed by atoms with Crippen LogP contribution in [0.3, 0.4) is 0 Å². The van der Waals surface area contributed by atoms with E-state index in [0.29, 0.717) is 23.6 Å². The lowest BCUT2D eigenvalue weighted by Gasteiger charge is -2.16. The van der Waals surface area contributed by atoms with Crippen molar-refractivity contribution in [2.45, 2.75) is 13.5 Å². The Morgan fingerprint density at radius 1 is 1.22 bits per heavy atom. The van der Waals surface area contributed by atoms with Crippen molar-refractivity contribution in [2.75, 3.05) is 20.7 Å². The molecule has 0 saturated carbocycles. The molecule has 1 N–H and O–H groups in total. The lowest BCUT2D eigenvalue weighted by molar-refractivity contribution is -0.129. The van der Waals surface area contributed by atoms with Gasteiger partial charge in [0.25, 0.3) is 5.91 Å². The Kier molecular flexibility index (Phi) is 5.41. The van der Waals surface area contributed by atoms with E-state index in [-0.39, 0.29) is 18.4 Å². The van der Waals surface area contributed by atoms with Gasteiger partial charge in [-0.15, -0.1) is 0 Å². The summed E-state index contributed by atoms with van der Waals surface area (Å²) >= 11 is 0. The number of nitrogens with zero attached hydrogens (tertiary/aromatic N) is 1. The predicted molar refractivity (Wildman–Crippen MR) is 85.2 cm³/mol. The maximum Gasteiger partial charge on any atom is 0.255 e. The number of para-hydroxylation sites is 1. The highest BCUT2D eigenvalue weighted by molar-refractivity contribution is 5.98. The molecular formula is C17H20N2O4. The fourth-order valence-electron chi connectivity index (χ4n) is 2.11. The number of amides is 2. The average molecular weight is 316 g/mol. The zero-order valence-corrected chi connectivity index (χ0v) is 13.5. The van der Waals surface area contributed by atoms with Crippen molar-refractivity contribution in [3.63, 3.8) is 0 Å². The van der Waals surface area contributed by atoms with Gasteiger partial charge in [-0.2, -0.15) is 0 Å². The summed E-state index contributed by atoms with van der Waals surface area (Å²) in [4.78, 5) is 25.7. The van der Waals surface area contributed by atoms with E-state index in [1.807, 2.05) is 19.1 Å². The molecular weight excluding hydrogens is 296 g/mol. The first-order valence-electron chi connectivity index (χ1n) is 7.21. The number of aryl methyl sites for hydroxylation is 1. The van der Waals surface area contributed by atoms with Crippen LogP contribution in [0.5, 0.6) is 5.75 Å². The minimum Gasteiger partial charge on any atom is -0.496 e. The predicted octanol–water partition coefficient (Wildman–Crippen LogP) is 1.99. The number of benzene rings is 1. The van der Waals surface area contributed by atoms with Crippen molar-refractivity contribution < 1.29 is 18.7 Å². The molecule has 23 heavy (non-hydrogen) atoms. The standard InChI is InChI=1S/C17H20N2O4/c1-12-8-9-13(23-12)11-19(2)16(20)10-18-17(21)14-6-4-5-7-15(14)22-3/h4-9H,10-11H2,1-3H3,(H,18,21). The van der Waals surface area contributed by atoms with E-state index in [9.17, 15) is 9.59 Å². The summed E-state index contributed by atoms with van der Waals surface area (Å²) in [6.07, 6.45) is 0. The van der Waals surface area contributed by atoms with Crippen LogP contribution in [0.2, 0.25) is 0 Å². The van der Waals surface area contributed by atoms with Crippen molar-refractivity contribution in [2.24, 2.45) is 0 Å². The van der Waals surface area contributed by atoms with Crippen LogP contribution in [0.4, 0.5) is 0 Å². The molecule has 1 heterocycles. The molecule has 2 amide bonds. The van der Waals surface area contributed by atoms with Crippen LogP contribution in [0, 0.1) is 6.92 Å². The van der Waals surface area contributed by atoms with Gasteiger partial charge in [0, 0.05) is 7.05 Å². The van der Waals surface area contributed by atoms with Crippen molar-refractivity contribution in [1.82, 2.24) is 10.2 Å². The molecule has 0 aliphatic carbocycles. The maximum atomic E-state index is 12.1. The quantitative estimate of drug-likeness (QED) is 0.884. The highest BCUT2D eigenvalue weighted by Crippen LogP contribution is 2.16. The Morgan fingerprint density at radius 2 is 1.96 bits per heavy atom. The van der Waals surface area contributed by atoms with E-state index >= 15 is 0 Å². The molecule has 2 rings (SSSR count). The summed E-state index contributed by atoms with van der Waals surface area (Å²) in [6.45, 7) is 2.11. The number of nitrogens with one attached hydrogen (secondary N) is 1. The van der Waals surface area contributed by atoms with Crippen LogP contribution in [-0.4, -0.2) is 37.4 Å². The monoisotopic (exact) mass is 316 g/mol. The van der Waals surface area contributed by atoms with Gasteiger partial charge >= 0.3 is 0 Å². The van der Waals surface area contributed by atoms with Gasteiger partial charge < -0.3 is 19.4 Å². The highest BCUT2D eigenvalue weighted by atomic mass is 16.5. The van der Waals surface area contributed by atoms with Crippen molar-refractivity contribution in [3.8, 4) is 5.75 Å². The smallest absolute Gasteiger partial charge is 0.255 e. The molecule has 1 aromatic heterocycles. The fraction of sp³-hybridized carbons (Fsp3) is 0.294. The third-order valence-electron chi connectivity index (χ3n) is 3.37. The number of hydrogen-bond acceptors (Lipinski definition) is 4. The second-order valence-corrected chi connectivity index (χ2v) is 5.15. The molecule has 6 heteroatoms. The molecule has 0 aliphatic heterocycles. The minimum atomic E-state index is -0.349. The summed E-state index contributed by atoms with van der Waals surface area (Å²) in [5.41, 5.74) is 0.395. The molecule has 0 radical (unpaired) electrons. The Hall–Kier alpha value is -2.76. The van der Waals surface area contributed by atoms with E-state index in [1.165, 1.54) is 12.0 Å². The van der Waals surface area contributed by atoms with Crippen LogP contribution < -0.4 is 10.1 Å². The second-order valence-electron chi connectivity index (χ2n) is 5.15. The molecule has 0 saturated heterocycles. The van der Waals surface area contributed by atoms with E-state index < -0.39 is 0 Å². The topological polar surface area (TPSA) is 71.8 Å². The molecule has 0 atom stereocenters. The molecule has 1 aromatic carbocycles. The van der Waals surface area contributed by atoms with Crippen molar-refractivity contribution in [1.29, 1.82) is 0 Å². The number of furan rings is 1. The summed E-state index contributed by atoms with van der Waals surface area (Å²) in [5.74, 6) is 1.41. The summed E-state index contributed by atoms with van der Waals surface area (Å²) < 4.78 is 10.6. The molecule has 122 valence electrons. The zero-order chi connectivity index (χ0) is 16.8. The molecule has 0 unspecified atom stereocenters. The Labute approximate surface area is 135 Å². The summed E-state index contributed by atoms with van der Waals surface area (Å²) in [6, 6.07) is 10.5. The average Bonchev–Trinajstić information content (AvgIpc) is 2.96. The molecule has 0 bridgehead atoms. The van der Waals surface area contributed by atoms with Gasteiger partial charge in [0.2, 0.25) is 5.91 Å². The lowest BCUT2D eigenvalue weighted by Crippen LogP contribution is -2.37. The van der Waals surface area contributed by atoms with Crippen LogP contribution >= 0.6 is 0 Å². The number of rotatable bonds is 6. The van der Waals surface area contributed by atoms with Gasteiger partial charge in [0.15, 0.2) is 0 Å². The molecule has 0 spiro atoms. The summed E-state index contributed by atoms with van der Waals surface area (Å²) in [5, 5.41) is 2.60. The van der Waals surface area contributed by atoms with Crippen molar-refractivity contribution in [3.05, 3.63) is 53.5 Å². The van der Waals surface area contributed by atoms with Gasteiger partial charge in [-0.25, -0.2) is 0 Å². The van der Waals surface area contributed by atoms with Crippen LogP contribution in [0.15, 0.2) is 40.8 Å². The first-order valence-corrected chi connectivity index (χ1v) is 7.21. The summed E-state index contributed by atoms with van der Waals surface area (Å²) in [7, 11) is 3.16. The third-order valence-corrected chi connectivity index (χ3v) is 3.37. The van der Waals surface area contributed by atoms with E-state index in [2.05, 4.69) is 5.32 Å². The van der Waals surface area contributed by atoms with E-state index in [1.54, 1.807) is 31.3 Å². The second kappa shape index (κ2) is 7.49. The van der Waals surface area contributed by atoms with E-state index in [4.69, 9.17) is 9.15 Å². The SMILES string of the molecule is COc1ccccc1C(=O)NCC(=O)N(C)Cc1ccc(C)o1. The van der Waals surface area contributed by atoms with Gasteiger partial charge in [0.1, 0.15) is 17.3 Å². The van der Waals surface area contributed by atoms with Crippen LogP contribution in [0.25, 0.3) is 0 Å². The number of carbonyl (C=O) groups excluding carboxylic acids is 2. The number of likely N-dealkylation sites (N-methyl/N-ethyl adjacent to an activating group) is 1. The van der Waals surface area contributed by atoms with Crippen molar-refractivity contribution >= 4 is 11.8 Å². The van der Waals surface area contributed by atoms with Gasteiger partial charge in [0.05, 0.1) is 25.8 Å². The number of hydrogen-bond donors (Lipinski definition) is 1. The molecule has 0 fully saturated rings. The molecule has 6 nitrogen and oxygen atoms in total. The van der Waals surface area contributed by atoms with Crippen LogP contribution in [0.1, 0.15) is 21.9 Å². The maximum absolute atomic E-state index is 12.1. The molecule has 2 aromatic rings. The van der Waals surface area contributed by atoms with E-state index in [0.717, 1.165) is 5.76 Å². The van der Waals surface area contributed by atoms with Gasteiger partial charge in [-0.3, -0.25) is 9.59 Å². The minimum absolute atomic E-state index is 0.0902. The Morgan fingerprint density at radius 3 is 2.61 bits per heavy atom. The van der Waals surface area contributed by atoms with Gasteiger partial charge in [-0.1, -0.05) is 12.1 Å². The first kappa shape index (κ1) is 16.6. The Bertz CT molecular complexity index is 693. The Balaban J connectivity index is 1.89. The highest BCUT2D eigenvalue weighted by Gasteiger charge is 2.15. The number of ether oxygens (including phenoxy) is 1. The fourth-order valence-corrected chi connectivity index (χ4v) is 2.11. The van der Waals surface area contributed by atoms with Gasteiger partial charge in [-0.05, 0) is 31.2 Å². The van der Waals surface area contributed by atoms with Crippen LogP contribution in [-0.2, 0) is 11.3 Å². The lowest BCUT2D eigenvalue weighted by atomic mass is 10.2. The third kappa shape index (κ3) is 4.35.